The van der Waals surface area contributed by atoms with Gasteiger partial charge in [-0.25, -0.2) is 4.79 Å². The summed E-state index contributed by atoms with van der Waals surface area (Å²) in [5, 5.41) is 0. The number of esters is 1. The summed E-state index contributed by atoms with van der Waals surface area (Å²) < 4.78 is 67.0. The van der Waals surface area contributed by atoms with Crippen molar-refractivity contribution in [3.05, 3.63) is 47.2 Å². The van der Waals surface area contributed by atoms with Crippen LogP contribution < -0.4 is 0 Å². The molecule has 0 amide bonds. The third-order valence-corrected chi connectivity index (χ3v) is 4.15. The Morgan fingerprint density at radius 3 is 2.48 bits per heavy atom. The summed E-state index contributed by atoms with van der Waals surface area (Å²) in [6.45, 7) is 1.86. The monoisotopic (exact) mass is 350 g/mol. The smallest absolute Gasteiger partial charge is 0.454 e. The summed E-state index contributed by atoms with van der Waals surface area (Å²) in [7, 11) is -5.68. The maximum atomic E-state index is 12.1. The second-order valence-electron chi connectivity index (χ2n) is 4.77. The Balaban J connectivity index is 1.98. The molecule has 0 radical (unpaired) electrons. The van der Waals surface area contributed by atoms with Gasteiger partial charge in [0.15, 0.2) is 0 Å². The lowest BCUT2D eigenvalue weighted by molar-refractivity contribution is -0.0532. The normalized spacial score (nSPS) is 17.9. The average Bonchev–Trinajstić information content (AvgIpc) is 2.43. The molecule has 0 fully saturated rings. The van der Waals surface area contributed by atoms with Crippen molar-refractivity contribution in [1.29, 1.82) is 0 Å². The van der Waals surface area contributed by atoms with E-state index in [4.69, 9.17) is 4.74 Å². The van der Waals surface area contributed by atoms with Crippen LogP contribution in [0, 0.1) is 0 Å². The SMILES string of the molecule is CCc1ccccc1C(=O)OC1C=C(OS(=O)(=O)C(F)(F)F)C1. The van der Waals surface area contributed by atoms with Crippen molar-refractivity contribution < 1.29 is 35.3 Å². The Morgan fingerprint density at radius 2 is 1.91 bits per heavy atom. The number of halogens is 3. The second-order valence-corrected chi connectivity index (χ2v) is 6.31. The van der Waals surface area contributed by atoms with Crippen LogP contribution in [0.1, 0.15) is 29.3 Å². The van der Waals surface area contributed by atoms with Crippen molar-refractivity contribution in [3.63, 3.8) is 0 Å². The highest BCUT2D eigenvalue weighted by atomic mass is 32.2. The number of ether oxygens (including phenoxy) is 1. The summed E-state index contributed by atoms with van der Waals surface area (Å²) >= 11 is 0. The Labute approximate surface area is 130 Å². The van der Waals surface area contributed by atoms with E-state index in [1.54, 1.807) is 24.3 Å². The van der Waals surface area contributed by atoms with Crippen LogP contribution in [0.2, 0.25) is 0 Å². The number of hydrogen-bond donors (Lipinski definition) is 0. The fourth-order valence-electron chi connectivity index (χ4n) is 1.93. The number of benzene rings is 1. The molecule has 2 rings (SSSR count). The number of carbonyl (C=O) groups excluding carboxylic acids is 1. The Kier molecular flexibility index (Phi) is 4.69. The highest BCUT2D eigenvalue weighted by Gasteiger charge is 2.49. The topological polar surface area (TPSA) is 69.7 Å². The molecule has 126 valence electrons. The minimum Gasteiger partial charge on any atom is -0.454 e. The first-order valence-corrected chi connectivity index (χ1v) is 8.05. The zero-order chi connectivity index (χ0) is 17.3. The van der Waals surface area contributed by atoms with Crippen LogP contribution in [0.4, 0.5) is 13.2 Å². The van der Waals surface area contributed by atoms with Gasteiger partial charge in [-0.15, -0.1) is 0 Å². The van der Waals surface area contributed by atoms with E-state index in [9.17, 15) is 26.4 Å². The van der Waals surface area contributed by atoms with Gasteiger partial charge >= 0.3 is 21.6 Å². The van der Waals surface area contributed by atoms with Crippen molar-refractivity contribution in [2.45, 2.75) is 31.4 Å². The average molecular weight is 350 g/mol. The van der Waals surface area contributed by atoms with Gasteiger partial charge in [0.2, 0.25) is 0 Å². The first-order valence-electron chi connectivity index (χ1n) is 6.64. The van der Waals surface area contributed by atoms with Crippen LogP contribution in [0.15, 0.2) is 36.1 Å². The van der Waals surface area contributed by atoms with Gasteiger partial charge in [-0.2, -0.15) is 21.6 Å². The van der Waals surface area contributed by atoms with Crippen molar-refractivity contribution in [2.75, 3.05) is 0 Å². The highest BCUT2D eigenvalue weighted by Crippen LogP contribution is 2.32. The van der Waals surface area contributed by atoms with Crippen molar-refractivity contribution in [3.8, 4) is 0 Å². The molecule has 0 bridgehead atoms. The number of alkyl halides is 3. The summed E-state index contributed by atoms with van der Waals surface area (Å²) in [5.74, 6) is -1.02. The molecule has 1 aromatic rings. The molecular formula is C14H13F3O5S. The van der Waals surface area contributed by atoms with Crippen LogP contribution in [-0.2, 0) is 25.5 Å². The molecule has 9 heteroatoms. The largest absolute Gasteiger partial charge is 0.534 e. The summed E-state index contributed by atoms with van der Waals surface area (Å²) in [6, 6.07) is 6.77. The van der Waals surface area contributed by atoms with E-state index in [0.29, 0.717) is 12.0 Å². The van der Waals surface area contributed by atoms with E-state index in [1.165, 1.54) is 0 Å². The molecule has 1 aliphatic rings. The molecule has 0 aromatic heterocycles. The fourth-order valence-corrected chi connectivity index (χ4v) is 2.43. The van der Waals surface area contributed by atoms with Crippen LogP contribution in [0.5, 0.6) is 0 Å². The van der Waals surface area contributed by atoms with Crippen LogP contribution >= 0.6 is 0 Å². The molecule has 5 nitrogen and oxygen atoms in total. The van der Waals surface area contributed by atoms with E-state index < -0.39 is 33.5 Å². The Hall–Kier alpha value is -2.03. The highest BCUT2D eigenvalue weighted by molar-refractivity contribution is 7.87. The molecule has 0 heterocycles. The van der Waals surface area contributed by atoms with Gasteiger partial charge in [0.25, 0.3) is 0 Å². The number of rotatable bonds is 5. The number of hydrogen-bond acceptors (Lipinski definition) is 5. The van der Waals surface area contributed by atoms with Gasteiger partial charge in [0.05, 0.1) is 5.56 Å². The third-order valence-electron chi connectivity index (χ3n) is 3.15. The third kappa shape index (κ3) is 3.84. The van der Waals surface area contributed by atoms with Crippen LogP contribution in [0.25, 0.3) is 0 Å². The van der Waals surface area contributed by atoms with E-state index in [0.717, 1.165) is 11.6 Å². The van der Waals surface area contributed by atoms with Gasteiger partial charge in [-0.05, 0) is 24.1 Å². The lowest BCUT2D eigenvalue weighted by Crippen LogP contribution is -2.30. The summed E-state index contributed by atoms with van der Waals surface area (Å²) in [6.07, 6.45) is 0.598. The van der Waals surface area contributed by atoms with Crippen molar-refractivity contribution in [1.82, 2.24) is 0 Å². The first kappa shape index (κ1) is 17.3. The quantitative estimate of drug-likeness (QED) is 0.464. The summed E-state index contributed by atoms with van der Waals surface area (Å²) in [5.41, 5.74) is -4.35. The van der Waals surface area contributed by atoms with E-state index >= 15 is 0 Å². The van der Waals surface area contributed by atoms with Crippen LogP contribution in [-0.4, -0.2) is 26.0 Å². The van der Waals surface area contributed by atoms with E-state index in [2.05, 4.69) is 4.18 Å². The van der Waals surface area contributed by atoms with E-state index in [-0.39, 0.29) is 6.42 Å². The number of carbonyl (C=O) groups is 1. The molecule has 0 saturated heterocycles. The lowest BCUT2D eigenvalue weighted by Gasteiger charge is -2.25. The van der Waals surface area contributed by atoms with Gasteiger partial charge in [-0.1, -0.05) is 25.1 Å². The first-order chi connectivity index (χ1) is 10.6. The standard InChI is InChI=1S/C14H13F3O5S/c1-2-9-5-3-4-6-12(9)13(18)21-10-7-11(8-10)22-23(19,20)14(15,16)17/h3-7,10H,2,8H2,1H3. The minimum atomic E-state index is -5.68. The molecular weight excluding hydrogens is 337 g/mol. The predicted octanol–water partition coefficient (Wildman–Crippen LogP) is 2.93. The molecule has 1 aliphatic carbocycles. The van der Waals surface area contributed by atoms with Gasteiger partial charge in [0.1, 0.15) is 11.9 Å². The van der Waals surface area contributed by atoms with Gasteiger partial charge in [-0.3, -0.25) is 0 Å². The maximum absolute atomic E-state index is 12.1. The van der Waals surface area contributed by atoms with Crippen molar-refractivity contribution in [2.24, 2.45) is 0 Å². The fraction of sp³-hybridized carbons (Fsp3) is 0.357. The Bertz CT molecular complexity index is 737. The zero-order valence-corrected chi connectivity index (χ0v) is 12.8. The molecule has 1 aromatic carbocycles. The Morgan fingerprint density at radius 1 is 1.30 bits per heavy atom. The molecule has 0 N–H and O–H groups in total. The molecule has 1 unspecified atom stereocenters. The second kappa shape index (κ2) is 6.23. The van der Waals surface area contributed by atoms with Gasteiger partial charge in [0, 0.05) is 6.42 Å². The summed E-state index contributed by atoms with van der Waals surface area (Å²) in [4.78, 5) is 12.0. The predicted molar refractivity (Wildman–Crippen MR) is 73.8 cm³/mol. The van der Waals surface area contributed by atoms with E-state index in [1.807, 2.05) is 6.92 Å². The molecule has 23 heavy (non-hydrogen) atoms. The number of aryl methyl sites for hydroxylation is 1. The molecule has 1 atom stereocenters. The molecule has 0 spiro atoms. The van der Waals surface area contributed by atoms with Crippen molar-refractivity contribution >= 4 is 16.1 Å². The maximum Gasteiger partial charge on any atom is 0.534 e. The molecule has 0 saturated carbocycles. The minimum absolute atomic E-state index is 0.227. The zero-order valence-electron chi connectivity index (χ0n) is 12.0. The lowest BCUT2D eigenvalue weighted by atomic mass is 10.0. The van der Waals surface area contributed by atoms with Gasteiger partial charge < -0.3 is 8.92 Å². The molecule has 0 aliphatic heterocycles. The van der Waals surface area contributed by atoms with Crippen LogP contribution in [0.3, 0.4) is 0 Å².